The predicted molar refractivity (Wildman–Crippen MR) is 286 cm³/mol. The highest BCUT2D eigenvalue weighted by Crippen LogP contribution is 2.43. The zero-order chi connectivity index (χ0) is 51.5. The quantitative estimate of drug-likeness (QED) is 0.164. The van der Waals surface area contributed by atoms with Gasteiger partial charge in [-0.2, -0.15) is 0 Å². The van der Waals surface area contributed by atoms with Gasteiger partial charge in [0.2, 0.25) is 5.91 Å². The van der Waals surface area contributed by atoms with Crippen LogP contribution in [0.5, 0.6) is 0 Å². The number of amides is 3. The third-order valence-electron chi connectivity index (χ3n) is 15.2. The molecule has 11 heteroatoms. The largest absolute Gasteiger partial charge is 0.481 e. The third kappa shape index (κ3) is 17.0. The first-order valence-electron chi connectivity index (χ1n) is 27.5. The summed E-state index contributed by atoms with van der Waals surface area (Å²) in [5, 5.41) is 18.3. The van der Waals surface area contributed by atoms with Gasteiger partial charge in [-0.05, 0) is 219 Å². The minimum absolute atomic E-state index is 0.163. The summed E-state index contributed by atoms with van der Waals surface area (Å²) in [6.07, 6.45) is 16.4. The topological polar surface area (TPSA) is 146 Å². The normalized spacial score (nSPS) is 23.8. The molecule has 2 heterocycles. The summed E-state index contributed by atoms with van der Waals surface area (Å²) >= 11 is 0. The summed E-state index contributed by atoms with van der Waals surface area (Å²) in [7, 11) is 0. The number of fused-ring (bicyclic) bond motifs is 4. The van der Waals surface area contributed by atoms with Crippen molar-refractivity contribution in [1.29, 1.82) is 0 Å². The van der Waals surface area contributed by atoms with E-state index in [4.69, 9.17) is 14.6 Å². The number of carboxylic acid groups (broad SMARTS) is 1. The maximum Gasteiger partial charge on any atom is 0.407 e. The van der Waals surface area contributed by atoms with E-state index in [1.54, 1.807) is 11.1 Å². The molecule has 4 aliphatic carbocycles. The highest BCUT2D eigenvalue weighted by atomic mass is 16.6. The van der Waals surface area contributed by atoms with Crippen molar-refractivity contribution in [3.05, 3.63) is 81.9 Å². The monoisotopic (exact) mass is 979 g/mol. The van der Waals surface area contributed by atoms with E-state index < -0.39 is 17.2 Å². The number of aliphatic carboxylic acids is 1. The highest BCUT2D eigenvalue weighted by Gasteiger charge is 2.37. The second-order valence-electron chi connectivity index (χ2n) is 24.2. The smallest absolute Gasteiger partial charge is 0.407 e. The SMILES string of the molecule is CC(C)(C)OC(=O)NC1CCC(CCC(=O)O)CC1.CC(C)CC1C2=C(CCN1C(=O)CCC1CCC(NC(=O)OC(C)(C)C)CC1)c1ccccc1C2.CC(C)CC1NCCC2=C1Cc1ccccc12. The van der Waals surface area contributed by atoms with Crippen molar-refractivity contribution in [2.45, 2.75) is 220 Å². The molecule has 2 aromatic rings. The van der Waals surface area contributed by atoms with Crippen molar-refractivity contribution in [3.8, 4) is 0 Å². The lowest BCUT2D eigenvalue weighted by Crippen LogP contribution is -2.45. The standard InChI is InChI=1S/C30H44N2O3.C16H21N.C14H25NO4/c1-20(2)18-27-26-19-22-8-6-7-9-24(22)25(26)16-17-32(27)28(33)15-12-21-10-13-23(14-11-21)31-29(34)35-30(3,4)5;1-11(2)9-16-15-10-12-5-3-4-6-13(12)14(15)7-8-17-16;1-14(2,3)19-13(18)15-11-7-4-10(5-8-11)6-9-12(16)17/h6-9,20-21,23,27H,10-19H2,1-5H3,(H,31,34);3-6,11,16-17H,7-10H2,1-2H3;10-11H,4-9H2,1-3H3,(H,15,18)(H,16,17). The maximum absolute atomic E-state index is 13.5. The van der Waals surface area contributed by atoms with Gasteiger partial charge in [-0.3, -0.25) is 9.59 Å². The molecule has 2 fully saturated rings. The molecule has 4 N–H and O–H groups in total. The van der Waals surface area contributed by atoms with E-state index in [2.05, 4.69) is 97.1 Å². The zero-order valence-corrected chi connectivity index (χ0v) is 45.2. The number of alkyl carbamates (subject to hydrolysis) is 2. The van der Waals surface area contributed by atoms with E-state index in [-0.39, 0.29) is 36.7 Å². The Morgan fingerprint density at radius 1 is 0.648 bits per heavy atom. The molecule has 0 spiro atoms. The maximum atomic E-state index is 13.5. The van der Waals surface area contributed by atoms with Crippen LogP contribution in [0.3, 0.4) is 0 Å². The summed E-state index contributed by atoms with van der Waals surface area (Å²) in [6, 6.07) is 18.9. The van der Waals surface area contributed by atoms with Crippen molar-refractivity contribution in [1.82, 2.24) is 20.9 Å². The molecule has 392 valence electrons. The minimum Gasteiger partial charge on any atom is -0.481 e. The molecule has 2 aliphatic heterocycles. The van der Waals surface area contributed by atoms with Gasteiger partial charge in [0, 0.05) is 37.5 Å². The van der Waals surface area contributed by atoms with Gasteiger partial charge in [-0.25, -0.2) is 9.59 Å². The molecule has 2 saturated carbocycles. The number of ether oxygens (including phenoxy) is 2. The summed E-state index contributed by atoms with van der Waals surface area (Å²) in [5.74, 6) is 1.96. The van der Waals surface area contributed by atoms with Crippen molar-refractivity contribution in [2.24, 2.45) is 23.7 Å². The van der Waals surface area contributed by atoms with E-state index in [0.29, 0.717) is 36.1 Å². The first kappa shape index (κ1) is 55.7. The highest BCUT2D eigenvalue weighted by molar-refractivity contribution is 5.83. The number of rotatable bonds is 12. The second kappa shape index (κ2) is 25.3. The number of hydrogen-bond donors (Lipinski definition) is 4. The number of carboxylic acids is 1. The van der Waals surface area contributed by atoms with Crippen molar-refractivity contribution in [3.63, 3.8) is 0 Å². The summed E-state index contributed by atoms with van der Waals surface area (Å²) in [4.78, 5) is 49.9. The van der Waals surface area contributed by atoms with Gasteiger partial charge in [0.15, 0.2) is 0 Å². The van der Waals surface area contributed by atoms with E-state index in [1.807, 2.05) is 41.5 Å². The molecular weight excluding hydrogens is 889 g/mol. The molecule has 6 aliphatic rings. The Morgan fingerprint density at radius 3 is 1.59 bits per heavy atom. The van der Waals surface area contributed by atoms with Crippen molar-refractivity contribution >= 4 is 35.2 Å². The Balaban J connectivity index is 0.000000192. The van der Waals surface area contributed by atoms with Crippen LogP contribution < -0.4 is 16.0 Å². The fourth-order valence-electron chi connectivity index (χ4n) is 11.9. The molecule has 0 saturated heterocycles. The lowest BCUT2D eigenvalue weighted by atomic mass is 9.83. The molecule has 11 nitrogen and oxygen atoms in total. The van der Waals surface area contributed by atoms with Crippen molar-refractivity contribution < 1.29 is 33.8 Å². The molecule has 0 bridgehead atoms. The molecule has 2 atom stereocenters. The molecule has 0 aromatic heterocycles. The zero-order valence-electron chi connectivity index (χ0n) is 45.2. The molecule has 8 rings (SSSR count). The minimum atomic E-state index is -0.728. The van der Waals surface area contributed by atoms with Crippen molar-refractivity contribution in [2.75, 3.05) is 13.1 Å². The van der Waals surface area contributed by atoms with Crippen LogP contribution in [-0.4, -0.2) is 82.5 Å². The number of nitrogens with zero attached hydrogens (tertiary/aromatic N) is 1. The summed E-state index contributed by atoms with van der Waals surface area (Å²) < 4.78 is 10.6. The van der Waals surface area contributed by atoms with Crippen LogP contribution in [0.2, 0.25) is 0 Å². The second-order valence-corrected chi connectivity index (χ2v) is 24.2. The first-order valence-corrected chi connectivity index (χ1v) is 27.5. The fourth-order valence-corrected chi connectivity index (χ4v) is 11.9. The lowest BCUT2D eigenvalue weighted by Gasteiger charge is -2.39. The molecule has 0 radical (unpaired) electrons. The van der Waals surface area contributed by atoms with Gasteiger partial charge < -0.3 is 35.4 Å². The van der Waals surface area contributed by atoms with Gasteiger partial charge in [0.1, 0.15) is 11.2 Å². The third-order valence-corrected chi connectivity index (χ3v) is 15.2. The molecular formula is C60H90N4O7. The predicted octanol–water partition coefficient (Wildman–Crippen LogP) is 12.8. The van der Waals surface area contributed by atoms with E-state index in [1.165, 1.54) is 52.7 Å². The number of carbonyl (C=O) groups is 4. The summed E-state index contributed by atoms with van der Waals surface area (Å²) in [6.45, 7) is 22.3. The average molecular weight is 979 g/mol. The number of benzene rings is 2. The van der Waals surface area contributed by atoms with Crippen LogP contribution in [0, 0.1) is 23.7 Å². The molecule has 3 amide bonds. The van der Waals surface area contributed by atoms with E-state index in [9.17, 15) is 19.2 Å². The number of nitrogens with one attached hydrogen (secondary N) is 3. The van der Waals surface area contributed by atoms with Gasteiger partial charge in [-0.1, -0.05) is 76.2 Å². The van der Waals surface area contributed by atoms with Crippen LogP contribution in [0.1, 0.15) is 194 Å². The van der Waals surface area contributed by atoms with Gasteiger partial charge in [0.05, 0.1) is 6.04 Å². The van der Waals surface area contributed by atoms with E-state index in [0.717, 1.165) is 102 Å². The summed E-state index contributed by atoms with van der Waals surface area (Å²) in [5.41, 5.74) is 11.3. The number of hydrogen-bond acceptors (Lipinski definition) is 7. The first-order chi connectivity index (χ1) is 33.6. The van der Waals surface area contributed by atoms with Gasteiger partial charge in [0.25, 0.3) is 0 Å². The van der Waals surface area contributed by atoms with Gasteiger partial charge >= 0.3 is 18.2 Å². The molecule has 2 aromatic carbocycles. The Morgan fingerprint density at radius 2 is 1.11 bits per heavy atom. The Hall–Kier alpha value is -4.64. The van der Waals surface area contributed by atoms with E-state index >= 15 is 0 Å². The van der Waals surface area contributed by atoms with Gasteiger partial charge in [-0.15, -0.1) is 0 Å². The Kier molecular flexibility index (Phi) is 19.9. The van der Waals surface area contributed by atoms with Crippen LogP contribution >= 0.6 is 0 Å². The Bertz CT molecular complexity index is 2180. The lowest BCUT2D eigenvalue weighted by molar-refractivity contribution is -0.137. The van der Waals surface area contributed by atoms with Crippen LogP contribution in [-0.2, 0) is 31.9 Å². The van der Waals surface area contributed by atoms with Crippen LogP contribution in [0.25, 0.3) is 11.1 Å². The average Bonchev–Trinajstić information content (AvgIpc) is 3.87. The Labute approximate surface area is 427 Å². The molecule has 71 heavy (non-hydrogen) atoms. The number of carbonyl (C=O) groups excluding carboxylic acids is 3. The van der Waals surface area contributed by atoms with Crippen LogP contribution in [0.15, 0.2) is 59.7 Å². The molecule has 2 unspecified atom stereocenters. The fraction of sp³-hybridized carbons (Fsp3) is 0.667. The van der Waals surface area contributed by atoms with Crippen LogP contribution in [0.4, 0.5) is 9.59 Å².